The van der Waals surface area contributed by atoms with Gasteiger partial charge in [-0.25, -0.2) is 0 Å². The van der Waals surface area contributed by atoms with Gasteiger partial charge in [0.2, 0.25) is 5.91 Å². The lowest BCUT2D eigenvalue weighted by atomic mass is 10.2. The molecule has 0 radical (unpaired) electrons. The van der Waals surface area contributed by atoms with E-state index >= 15 is 0 Å². The number of piperazine rings is 1. The van der Waals surface area contributed by atoms with Gasteiger partial charge in [0.25, 0.3) is 0 Å². The van der Waals surface area contributed by atoms with Gasteiger partial charge in [-0.2, -0.15) is 0 Å². The molecule has 1 heterocycles. The molecule has 0 aromatic carbocycles. The van der Waals surface area contributed by atoms with Crippen molar-refractivity contribution in [3.63, 3.8) is 0 Å². The molecule has 3 rings (SSSR count). The molecule has 0 atom stereocenters. The lowest BCUT2D eigenvalue weighted by molar-refractivity contribution is -0.135. The molecule has 0 unspecified atom stereocenters. The van der Waals surface area contributed by atoms with Crippen LogP contribution in [0.25, 0.3) is 0 Å². The zero-order chi connectivity index (χ0) is 14.7. The van der Waals surface area contributed by atoms with Crippen LogP contribution in [-0.4, -0.2) is 83.7 Å². The first kappa shape index (κ1) is 15.3. The van der Waals surface area contributed by atoms with Gasteiger partial charge in [0, 0.05) is 44.8 Å². The molecule has 1 N–H and O–H groups in total. The zero-order valence-corrected chi connectivity index (χ0v) is 13.0. The fourth-order valence-electron chi connectivity index (χ4n) is 3.83. The summed E-state index contributed by atoms with van der Waals surface area (Å²) in [5.41, 5.74) is 0. The highest BCUT2D eigenvalue weighted by molar-refractivity contribution is 5.79. The van der Waals surface area contributed by atoms with Crippen LogP contribution in [-0.2, 0) is 4.79 Å². The minimum absolute atomic E-state index is 0.232. The average molecular weight is 295 g/mol. The highest BCUT2D eigenvalue weighted by Gasteiger charge is 2.38. The molecule has 1 aliphatic heterocycles. The number of aliphatic hydroxyl groups is 1. The van der Waals surface area contributed by atoms with Crippen LogP contribution < -0.4 is 0 Å². The molecular formula is C16H29N3O2. The number of amides is 1. The molecule has 21 heavy (non-hydrogen) atoms. The fraction of sp³-hybridized carbons (Fsp3) is 0.938. The number of hydrogen-bond acceptors (Lipinski definition) is 4. The van der Waals surface area contributed by atoms with Crippen molar-refractivity contribution in [1.29, 1.82) is 0 Å². The van der Waals surface area contributed by atoms with Gasteiger partial charge < -0.3 is 10.0 Å². The lowest BCUT2D eigenvalue weighted by Crippen LogP contribution is -2.52. The Morgan fingerprint density at radius 1 is 0.952 bits per heavy atom. The van der Waals surface area contributed by atoms with Crippen LogP contribution in [0.1, 0.15) is 38.5 Å². The smallest absolute Gasteiger partial charge is 0.237 e. The summed E-state index contributed by atoms with van der Waals surface area (Å²) >= 11 is 0. The molecule has 3 fully saturated rings. The molecule has 2 saturated carbocycles. The SMILES string of the molecule is O=C(CN1CCN(CCO)CC1)N(C1CCCC1)C1CC1. The maximum absolute atomic E-state index is 12.7. The van der Waals surface area contributed by atoms with E-state index in [1.807, 2.05) is 0 Å². The van der Waals surface area contributed by atoms with Crippen molar-refractivity contribution in [1.82, 2.24) is 14.7 Å². The predicted octanol–water partition coefficient (Wildman–Crippen LogP) is 0.530. The van der Waals surface area contributed by atoms with E-state index in [2.05, 4.69) is 14.7 Å². The molecule has 3 aliphatic rings. The summed E-state index contributed by atoms with van der Waals surface area (Å²) in [6, 6.07) is 1.08. The summed E-state index contributed by atoms with van der Waals surface area (Å²) < 4.78 is 0. The highest BCUT2D eigenvalue weighted by atomic mass is 16.3. The first-order valence-corrected chi connectivity index (χ1v) is 8.64. The topological polar surface area (TPSA) is 47.0 Å². The van der Waals surface area contributed by atoms with Gasteiger partial charge in [-0.3, -0.25) is 14.6 Å². The Labute approximate surface area is 127 Å². The number of nitrogens with zero attached hydrogens (tertiary/aromatic N) is 3. The summed E-state index contributed by atoms with van der Waals surface area (Å²) in [6.45, 7) is 5.44. The Morgan fingerprint density at radius 2 is 1.52 bits per heavy atom. The van der Waals surface area contributed by atoms with Crippen molar-refractivity contribution in [3.8, 4) is 0 Å². The first-order valence-electron chi connectivity index (χ1n) is 8.64. The van der Waals surface area contributed by atoms with E-state index in [1.165, 1.54) is 38.5 Å². The third kappa shape index (κ3) is 3.96. The van der Waals surface area contributed by atoms with Gasteiger partial charge in [-0.15, -0.1) is 0 Å². The van der Waals surface area contributed by atoms with Crippen LogP contribution in [0.2, 0.25) is 0 Å². The maximum atomic E-state index is 12.7. The quantitative estimate of drug-likeness (QED) is 0.776. The van der Waals surface area contributed by atoms with E-state index in [0.29, 0.717) is 24.5 Å². The standard InChI is InChI=1S/C16H29N3O2/c20-12-11-17-7-9-18(10-8-17)13-16(21)19(15-5-6-15)14-3-1-2-4-14/h14-15,20H,1-13H2. The molecular weight excluding hydrogens is 266 g/mol. The van der Waals surface area contributed by atoms with Crippen molar-refractivity contribution in [2.24, 2.45) is 0 Å². The van der Waals surface area contributed by atoms with Gasteiger partial charge in [0.15, 0.2) is 0 Å². The molecule has 0 aromatic rings. The lowest BCUT2D eigenvalue weighted by Gasteiger charge is -2.36. The van der Waals surface area contributed by atoms with E-state index in [0.717, 1.165) is 32.7 Å². The second-order valence-electron chi connectivity index (χ2n) is 6.81. The molecule has 5 nitrogen and oxygen atoms in total. The normalized spacial score (nSPS) is 25.4. The molecule has 0 spiro atoms. The van der Waals surface area contributed by atoms with Crippen LogP contribution >= 0.6 is 0 Å². The number of aliphatic hydroxyl groups excluding tert-OH is 1. The molecule has 120 valence electrons. The van der Waals surface area contributed by atoms with E-state index in [-0.39, 0.29) is 6.61 Å². The van der Waals surface area contributed by atoms with Crippen molar-refractivity contribution in [3.05, 3.63) is 0 Å². The number of carbonyl (C=O) groups is 1. The van der Waals surface area contributed by atoms with Gasteiger partial charge >= 0.3 is 0 Å². The number of hydrogen-bond donors (Lipinski definition) is 1. The molecule has 0 bridgehead atoms. The number of rotatable bonds is 6. The Hall–Kier alpha value is -0.650. The van der Waals surface area contributed by atoms with Crippen LogP contribution in [0, 0.1) is 0 Å². The largest absolute Gasteiger partial charge is 0.395 e. The fourth-order valence-corrected chi connectivity index (χ4v) is 3.83. The molecule has 1 saturated heterocycles. The summed E-state index contributed by atoms with van der Waals surface area (Å²) in [4.78, 5) is 19.5. The minimum Gasteiger partial charge on any atom is -0.395 e. The van der Waals surface area contributed by atoms with Gasteiger partial charge in [-0.1, -0.05) is 12.8 Å². The van der Waals surface area contributed by atoms with Gasteiger partial charge in [0.05, 0.1) is 13.2 Å². The maximum Gasteiger partial charge on any atom is 0.237 e. The summed E-state index contributed by atoms with van der Waals surface area (Å²) in [5.74, 6) is 0.361. The summed E-state index contributed by atoms with van der Waals surface area (Å²) in [7, 11) is 0. The van der Waals surface area contributed by atoms with Crippen molar-refractivity contribution >= 4 is 5.91 Å². The van der Waals surface area contributed by atoms with Crippen LogP contribution in [0.3, 0.4) is 0 Å². The van der Waals surface area contributed by atoms with Gasteiger partial charge in [-0.05, 0) is 25.7 Å². The van der Waals surface area contributed by atoms with E-state index in [9.17, 15) is 4.79 Å². The summed E-state index contributed by atoms with van der Waals surface area (Å²) in [5, 5.41) is 8.98. The third-order valence-electron chi connectivity index (χ3n) is 5.19. The highest BCUT2D eigenvalue weighted by Crippen LogP contribution is 2.34. The molecule has 1 amide bonds. The number of carbonyl (C=O) groups excluding carboxylic acids is 1. The van der Waals surface area contributed by atoms with Crippen molar-refractivity contribution < 1.29 is 9.90 Å². The van der Waals surface area contributed by atoms with Crippen molar-refractivity contribution in [2.75, 3.05) is 45.9 Å². The van der Waals surface area contributed by atoms with E-state index in [4.69, 9.17) is 5.11 Å². The van der Waals surface area contributed by atoms with Crippen LogP contribution in [0.5, 0.6) is 0 Å². The number of β-amino-alcohol motifs (C(OH)–C–C–N with tert-alkyl or cyclic N) is 1. The summed E-state index contributed by atoms with van der Waals surface area (Å²) in [6.07, 6.45) is 7.44. The molecule has 5 heteroatoms. The first-order chi connectivity index (χ1) is 10.3. The average Bonchev–Trinajstić information content (AvgIpc) is 3.16. The van der Waals surface area contributed by atoms with Crippen molar-refractivity contribution in [2.45, 2.75) is 50.6 Å². The Balaban J connectivity index is 1.48. The van der Waals surface area contributed by atoms with Crippen LogP contribution in [0.15, 0.2) is 0 Å². The molecule has 2 aliphatic carbocycles. The van der Waals surface area contributed by atoms with E-state index in [1.54, 1.807) is 0 Å². The Kier molecular flexibility index (Phi) is 5.14. The van der Waals surface area contributed by atoms with E-state index < -0.39 is 0 Å². The monoisotopic (exact) mass is 295 g/mol. The molecule has 0 aromatic heterocycles. The zero-order valence-electron chi connectivity index (χ0n) is 13.0. The Morgan fingerprint density at radius 3 is 2.10 bits per heavy atom. The second kappa shape index (κ2) is 7.07. The predicted molar refractivity (Wildman–Crippen MR) is 82.1 cm³/mol. The minimum atomic E-state index is 0.232. The Bertz CT molecular complexity index is 345. The third-order valence-corrected chi connectivity index (χ3v) is 5.19. The van der Waals surface area contributed by atoms with Crippen LogP contribution in [0.4, 0.5) is 0 Å². The van der Waals surface area contributed by atoms with Gasteiger partial charge in [0.1, 0.15) is 0 Å². The second-order valence-corrected chi connectivity index (χ2v) is 6.81.